The van der Waals surface area contributed by atoms with Crippen molar-refractivity contribution in [1.29, 1.82) is 0 Å². The molecule has 8 nitrogen and oxygen atoms in total. The van der Waals surface area contributed by atoms with Crippen molar-refractivity contribution in [2.75, 3.05) is 11.9 Å². The molecule has 1 rings (SSSR count). The van der Waals surface area contributed by atoms with Gasteiger partial charge in [0, 0.05) is 6.07 Å². The highest BCUT2D eigenvalue weighted by molar-refractivity contribution is 5.66. The van der Waals surface area contributed by atoms with Gasteiger partial charge in [0.2, 0.25) is 5.82 Å². The molecule has 0 amide bonds. The monoisotopic (exact) mass is 287 g/mol. The van der Waals surface area contributed by atoms with Gasteiger partial charge >= 0.3 is 5.69 Å². The Balaban J connectivity index is 3.28. The van der Waals surface area contributed by atoms with Crippen LogP contribution in [0.4, 0.5) is 21.5 Å². The Kier molecular flexibility index (Phi) is 4.92. The number of hydrogen-bond donors (Lipinski definition) is 2. The maximum Gasteiger partial charge on any atom is 0.311 e. The van der Waals surface area contributed by atoms with E-state index in [0.717, 1.165) is 0 Å². The van der Waals surface area contributed by atoms with E-state index >= 15 is 0 Å². The summed E-state index contributed by atoms with van der Waals surface area (Å²) in [4.78, 5) is 19.6. The van der Waals surface area contributed by atoms with Crippen molar-refractivity contribution >= 4 is 17.1 Å². The lowest BCUT2D eigenvalue weighted by molar-refractivity contribution is -0.395. The van der Waals surface area contributed by atoms with Crippen LogP contribution in [0.5, 0.6) is 0 Å². The summed E-state index contributed by atoms with van der Waals surface area (Å²) in [5, 5.41) is 33.3. The Morgan fingerprint density at radius 2 is 1.80 bits per heavy atom. The van der Waals surface area contributed by atoms with Gasteiger partial charge in [-0.25, -0.2) is 0 Å². The molecule has 1 atom stereocenters. The van der Waals surface area contributed by atoms with E-state index in [1.54, 1.807) is 13.8 Å². The topological polar surface area (TPSA) is 119 Å². The molecule has 0 aliphatic carbocycles. The first kappa shape index (κ1) is 15.8. The number of nitrogens with zero attached hydrogens (tertiary/aromatic N) is 2. The third-order valence-electron chi connectivity index (χ3n) is 2.80. The SMILES string of the molecule is CC(C)[C@@H](CO)Nc1cc(F)c([N+](=O)[O-])cc1[N+](=O)[O-]. The van der Waals surface area contributed by atoms with Gasteiger partial charge in [0.05, 0.1) is 28.6 Å². The van der Waals surface area contributed by atoms with Crippen LogP contribution in [0.2, 0.25) is 0 Å². The summed E-state index contributed by atoms with van der Waals surface area (Å²) in [6.07, 6.45) is 0. The second-order valence-electron chi connectivity index (χ2n) is 4.51. The number of rotatable bonds is 6. The molecule has 0 saturated heterocycles. The van der Waals surface area contributed by atoms with Gasteiger partial charge < -0.3 is 10.4 Å². The van der Waals surface area contributed by atoms with E-state index in [2.05, 4.69) is 5.32 Å². The van der Waals surface area contributed by atoms with Crippen molar-refractivity contribution in [1.82, 2.24) is 0 Å². The third-order valence-corrected chi connectivity index (χ3v) is 2.80. The first-order valence-electron chi connectivity index (χ1n) is 5.77. The lowest BCUT2D eigenvalue weighted by Gasteiger charge is -2.20. The van der Waals surface area contributed by atoms with Gasteiger partial charge in [0.15, 0.2) is 0 Å². The van der Waals surface area contributed by atoms with E-state index in [9.17, 15) is 24.6 Å². The Labute approximate surface area is 113 Å². The first-order chi connectivity index (χ1) is 9.27. The highest BCUT2D eigenvalue weighted by atomic mass is 19.1. The molecule has 0 unspecified atom stereocenters. The summed E-state index contributed by atoms with van der Waals surface area (Å²) in [6, 6.07) is 0.725. The van der Waals surface area contributed by atoms with Gasteiger partial charge in [0.1, 0.15) is 5.69 Å². The van der Waals surface area contributed by atoms with Gasteiger partial charge in [0.25, 0.3) is 5.69 Å². The van der Waals surface area contributed by atoms with Crippen LogP contribution in [0, 0.1) is 32.0 Å². The fraction of sp³-hybridized carbons (Fsp3) is 0.455. The van der Waals surface area contributed by atoms with Crippen molar-refractivity contribution in [3.63, 3.8) is 0 Å². The number of anilines is 1. The molecule has 0 aliphatic heterocycles. The molecule has 0 bridgehead atoms. The second kappa shape index (κ2) is 6.24. The number of benzene rings is 1. The molecule has 9 heteroatoms. The summed E-state index contributed by atoms with van der Waals surface area (Å²) in [5.74, 6) is -1.25. The van der Waals surface area contributed by atoms with Crippen LogP contribution < -0.4 is 5.32 Å². The van der Waals surface area contributed by atoms with Crippen LogP contribution in [0.25, 0.3) is 0 Å². The molecule has 0 saturated carbocycles. The maximum absolute atomic E-state index is 13.5. The molecule has 1 aromatic carbocycles. The minimum absolute atomic E-state index is 0.0714. The quantitative estimate of drug-likeness (QED) is 0.610. The predicted molar refractivity (Wildman–Crippen MR) is 69.0 cm³/mol. The molecular weight excluding hydrogens is 273 g/mol. The number of hydrogen-bond acceptors (Lipinski definition) is 6. The van der Waals surface area contributed by atoms with Gasteiger partial charge in [-0.1, -0.05) is 13.8 Å². The molecule has 0 fully saturated rings. The van der Waals surface area contributed by atoms with E-state index < -0.39 is 33.1 Å². The number of halogens is 1. The lowest BCUT2D eigenvalue weighted by Crippen LogP contribution is -2.29. The highest BCUT2D eigenvalue weighted by Gasteiger charge is 2.26. The minimum Gasteiger partial charge on any atom is -0.394 e. The molecular formula is C11H14FN3O5. The van der Waals surface area contributed by atoms with Crippen molar-refractivity contribution in [2.45, 2.75) is 19.9 Å². The molecule has 2 N–H and O–H groups in total. The second-order valence-corrected chi connectivity index (χ2v) is 4.51. The van der Waals surface area contributed by atoms with Crippen LogP contribution >= 0.6 is 0 Å². The number of nitro groups is 2. The molecule has 0 radical (unpaired) electrons. The fourth-order valence-electron chi connectivity index (χ4n) is 1.58. The summed E-state index contributed by atoms with van der Waals surface area (Å²) < 4.78 is 13.5. The average Bonchev–Trinajstić information content (AvgIpc) is 2.34. The zero-order valence-corrected chi connectivity index (χ0v) is 10.9. The number of nitrogens with one attached hydrogen (secondary N) is 1. The number of aliphatic hydroxyl groups excluding tert-OH is 1. The Morgan fingerprint density at radius 1 is 1.25 bits per heavy atom. The Bertz CT molecular complexity index is 535. The van der Waals surface area contributed by atoms with Crippen LogP contribution in [0.15, 0.2) is 12.1 Å². The zero-order chi connectivity index (χ0) is 15.4. The normalized spacial score (nSPS) is 12.2. The van der Waals surface area contributed by atoms with Crippen LogP contribution in [-0.4, -0.2) is 27.6 Å². The Hall–Kier alpha value is -2.29. The van der Waals surface area contributed by atoms with Crippen LogP contribution in [0.1, 0.15) is 13.8 Å². The maximum atomic E-state index is 13.5. The van der Waals surface area contributed by atoms with E-state index in [4.69, 9.17) is 5.11 Å². The fourth-order valence-corrected chi connectivity index (χ4v) is 1.58. The lowest BCUT2D eigenvalue weighted by atomic mass is 10.0. The molecule has 0 spiro atoms. The van der Waals surface area contributed by atoms with Crippen molar-refractivity contribution in [3.05, 3.63) is 38.2 Å². The van der Waals surface area contributed by atoms with Gasteiger partial charge in [-0.15, -0.1) is 0 Å². The summed E-state index contributed by atoms with van der Waals surface area (Å²) in [5.41, 5.74) is -1.78. The van der Waals surface area contributed by atoms with Crippen LogP contribution in [0.3, 0.4) is 0 Å². The van der Waals surface area contributed by atoms with Gasteiger partial charge in [-0.3, -0.25) is 20.2 Å². The Morgan fingerprint density at radius 3 is 2.20 bits per heavy atom. The molecule has 0 aromatic heterocycles. The van der Waals surface area contributed by atoms with E-state index in [1.165, 1.54) is 0 Å². The standard InChI is InChI=1S/C11H14FN3O5/c1-6(2)9(5-16)13-8-3-7(12)10(14(17)18)4-11(8)15(19)20/h3-4,6,9,13,16H,5H2,1-2H3/t9-/m1/s1. The van der Waals surface area contributed by atoms with E-state index in [0.29, 0.717) is 12.1 Å². The average molecular weight is 287 g/mol. The summed E-state index contributed by atoms with van der Waals surface area (Å²) >= 11 is 0. The molecule has 110 valence electrons. The zero-order valence-electron chi connectivity index (χ0n) is 10.9. The smallest absolute Gasteiger partial charge is 0.311 e. The number of nitro benzene ring substituents is 2. The molecule has 0 heterocycles. The van der Waals surface area contributed by atoms with Crippen molar-refractivity contribution in [2.24, 2.45) is 5.92 Å². The first-order valence-corrected chi connectivity index (χ1v) is 5.77. The summed E-state index contributed by atoms with van der Waals surface area (Å²) in [7, 11) is 0. The molecule has 1 aromatic rings. The number of aliphatic hydroxyl groups is 1. The predicted octanol–water partition coefficient (Wildman–Crippen LogP) is 2.07. The van der Waals surface area contributed by atoms with E-state index in [-0.39, 0.29) is 18.2 Å². The minimum atomic E-state index is -1.18. The molecule has 20 heavy (non-hydrogen) atoms. The summed E-state index contributed by atoms with van der Waals surface area (Å²) in [6.45, 7) is 3.22. The van der Waals surface area contributed by atoms with E-state index in [1.807, 2.05) is 0 Å². The third kappa shape index (κ3) is 3.38. The molecule has 0 aliphatic rings. The van der Waals surface area contributed by atoms with Gasteiger partial charge in [-0.05, 0) is 5.92 Å². The highest BCUT2D eigenvalue weighted by Crippen LogP contribution is 2.32. The van der Waals surface area contributed by atoms with Crippen molar-refractivity contribution < 1.29 is 19.3 Å². The van der Waals surface area contributed by atoms with Crippen LogP contribution in [-0.2, 0) is 0 Å². The largest absolute Gasteiger partial charge is 0.394 e. The van der Waals surface area contributed by atoms with Crippen molar-refractivity contribution in [3.8, 4) is 0 Å². The van der Waals surface area contributed by atoms with Gasteiger partial charge in [-0.2, -0.15) is 4.39 Å².